The Balaban J connectivity index is 1.82. The molecule has 1 aliphatic rings. The number of carbonyl (C=O) groups is 1. The van der Waals surface area contributed by atoms with Crippen molar-refractivity contribution in [2.24, 2.45) is 0 Å². The molecule has 2 aromatic carbocycles. The summed E-state index contributed by atoms with van der Waals surface area (Å²) in [7, 11) is -2.54. The molecular formula is C20H21F3N2O4S. The highest BCUT2D eigenvalue weighted by molar-refractivity contribution is 7.89. The number of amides is 1. The summed E-state index contributed by atoms with van der Waals surface area (Å²) in [6.45, 7) is 1.82. The zero-order valence-corrected chi connectivity index (χ0v) is 17.2. The van der Waals surface area contributed by atoms with Crippen LogP contribution < -0.4 is 10.1 Å². The van der Waals surface area contributed by atoms with Crippen LogP contribution in [0, 0.1) is 6.92 Å². The van der Waals surface area contributed by atoms with Crippen molar-refractivity contribution < 1.29 is 31.1 Å². The molecule has 1 saturated heterocycles. The number of sulfonamides is 1. The van der Waals surface area contributed by atoms with Crippen molar-refractivity contribution in [3.63, 3.8) is 0 Å². The number of halogens is 3. The van der Waals surface area contributed by atoms with E-state index in [-0.39, 0.29) is 17.1 Å². The average molecular weight is 442 g/mol. The van der Waals surface area contributed by atoms with E-state index >= 15 is 0 Å². The first-order chi connectivity index (χ1) is 14.0. The highest BCUT2D eigenvalue weighted by Crippen LogP contribution is 2.32. The molecule has 1 aliphatic heterocycles. The van der Waals surface area contributed by atoms with Gasteiger partial charge in [0, 0.05) is 18.3 Å². The first kappa shape index (κ1) is 22.1. The molecular weight excluding hydrogens is 421 g/mol. The Kier molecular flexibility index (Phi) is 6.09. The van der Waals surface area contributed by atoms with E-state index in [2.05, 4.69) is 5.32 Å². The average Bonchev–Trinajstić information content (AvgIpc) is 3.19. The number of nitrogens with zero attached hydrogens (tertiary/aromatic N) is 1. The summed E-state index contributed by atoms with van der Waals surface area (Å²) in [6.07, 6.45) is -3.67. The molecule has 6 nitrogen and oxygen atoms in total. The number of anilines is 1. The Labute approximate surface area is 172 Å². The molecule has 3 rings (SSSR count). The molecule has 30 heavy (non-hydrogen) atoms. The van der Waals surface area contributed by atoms with Gasteiger partial charge in [0.1, 0.15) is 11.8 Å². The number of methoxy groups -OCH3 is 1. The van der Waals surface area contributed by atoms with Crippen molar-refractivity contribution in [3.05, 3.63) is 53.6 Å². The summed E-state index contributed by atoms with van der Waals surface area (Å²) in [6, 6.07) is 7.72. The van der Waals surface area contributed by atoms with E-state index < -0.39 is 33.7 Å². The Morgan fingerprint density at radius 3 is 2.43 bits per heavy atom. The topological polar surface area (TPSA) is 75.7 Å². The van der Waals surface area contributed by atoms with Crippen molar-refractivity contribution in [1.29, 1.82) is 0 Å². The highest BCUT2D eigenvalue weighted by atomic mass is 32.2. The molecule has 0 unspecified atom stereocenters. The van der Waals surface area contributed by atoms with Gasteiger partial charge < -0.3 is 10.1 Å². The van der Waals surface area contributed by atoms with E-state index in [1.54, 1.807) is 19.1 Å². The minimum absolute atomic E-state index is 0.0519. The van der Waals surface area contributed by atoms with Gasteiger partial charge in [0.2, 0.25) is 15.9 Å². The van der Waals surface area contributed by atoms with Crippen molar-refractivity contribution in [3.8, 4) is 5.75 Å². The van der Waals surface area contributed by atoms with Gasteiger partial charge in [-0.15, -0.1) is 0 Å². The fourth-order valence-electron chi connectivity index (χ4n) is 3.37. The Morgan fingerprint density at radius 2 is 1.83 bits per heavy atom. The third kappa shape index (κ3) is 4.44. The fourth-order valence-corrected chi connectivity index (χ4v) is 5.27. The lowest BCUT2D eigenvalue weighted by atomic mass is 10.2. The maximum atomic E-state index is 13.2. The monoisotopic (exact) mass is 442 g/mol. The van der Waals surface area contributed by atoms with Crippen molar-refractivity contribution in [2.45, 2.75) is 36.9 Å². The molecule has 0 aliphatic carbocycles. The molecule has 10 heteroatoms. The molecule has 162 valence electrons. The quantitative estimate of drug-likeness (QED) is 0.764. The van der Waals surface area contributed by atoms with E-state index in [9.17, 15) is 26.4 Å². The van der Waals surface area contributed by atoms with Crippen molar-refractivity contribution in [2.75, 3.05) is 19.0 Å². The summed E-state index contributed by atoms with van der Waals surface area (Å²) in [5.41, 5.74) is -0.154. The molecule has 0 bridgehead atoms. The zero-order chi connectivity index (χ0) is 22.1. The van der Waals surface area contributed by atoms with Crippen molar-refractivity contribution in [1.82, 2.24) is 4.31 Å². The van der Waals surface area contributed by atoms with Crippen LogP contribution >= 0.6 is 0 Å². The maximum absolute atomic E-state index is 13.2. The predicted octanol–water partition coefficient (Wildman–Crippen LogP) is 3.81. The van der Waals surface area contributed by atoms with Gasteiger partial charge in [0.25, 0.3) is 0 Å². The number of nitrogens with one attached hydrogen (secondary N) is 1. The normalized spacial score (nSPS) is 17.7. The van der Waals surface area contributed by atoms with E-state index in [1.165, 1.54) is 13.2 Å². The third-order valence-corrected chi connectivity index (χ3v) is 7.02. The highest BCUT2D eigenvalue weighted by Gasteiger charge is 2.40. The molecule has 1 fully saturated rings. The number of carbonyl (C=O) groups excluding carboxylic acids is 1. The summed E-state index contributed by atoms with van der Waals surface area (Å²) in [5.74, 6) is -0.208. The van der Waals surface area contributed by atoms with E-state index in [0.29, 0.717) is 24.2 Å². The second-order valence-electron chi connectivity index (χ2n) is 6.97. The maximum Gasteiger partial charge on any atom is 0.416 e. The summed E-state index contributed by atoms with van der Waals surface area (Å²) in [4.78, 5) is 12.8. The van der Waals surface area contributed by atoms with Crippen LogP contribution in [-0.4, -0.2) is 38.3 Å². The number of benzene rings is 2. The van der Waals surface area contributed by atoms with Gasteiger partial charge in [-0.3, -0.25) is 4.79 Å². The largest absolute Gasteiger partial charge is 0.497 e. The third-order valence-electron chi connectivity index (χ3n) is 4.97. The molecule has 1 amide bonds. The molecule has 0 radical (unpaired) electrons. The summed E-state index contributed by atoms with van der Waals surface area (Å²) < 4.78 is 70.7. The van der Waals surface area contributed by atoms with Crippen LogP contribution in [0.15, 0.2) is 47.4 Å². The second kappa shape index (κ2) is 8.27. The number of alkyl halides is 3. The van der Waals surface area contributed by atoms with Gasteiger partial charge >= 0.3 is 6.18 Å². The first-order valence-corrected chi connectivity index (χ1v) is 10.6. The van der Waals surface area contributed by atoms with Gasteiger partial charge in [-0.05, 0) is 55.7 Å². The van der Waals surface area contributed by atoms with Crippen LogP contribution in [0.25, 0.3) is 0 Å². The van der Waals surface area contributed by atoms with E-state index in [1.807, 2.05) is 0 Å². The molecule has 0 spiro atoms. The molecule has 2 aromatic rings. The summed E-state index contributed by atoms with van der Waals surface area (Å²) >= 11 is 0. The van der Waals surface area contributed by atoms with Crippen LogP contribution in [0.3, 0.4) is 0 Å². The number of hydrogen-bond donors (Lipinski definition) is 1. The predicted molar refractivity (Wildman–Crippen MR) is 105 cm³/mol. The Morgan fingerprint density at radius 1 is 1.17 bits per heavy atom. The van der Waals surface area contributed by atoms with Gasteiger partial charge in [-0.1, -0.05) is 6.07 Å². The standard InChI is InChI=1S/C20H21F3N2O4S/c1-13-5-10-16(29-2)12-18(13)30(27,28)25-11-3-4-17(25)19(26)24-15-8-6-14(7-9-15)20(21,22)23/h5-10,12,17H,3-4,11H2,1-2H3,(H,24,26)/t17-/m0/s1. The molecule has 1 heterocycles. The van der Waals surface area contributed by atoms with Gasteiger partial charge in [-0.2, -0.15) is 17.5 Å². The molecule has 1 atom stereocenters. The number of hydrogen-bond acceptors (Lipinski definition) is 4. The fraction of sp³-hybridized carbons (Fsp3) is 0.350. The lowest BCUT2D eigenvalue weighted by Gasteiger charge is -2.24. The molecule has 1 N–H and O–H groups in total. The molecule has 0 saturated carbocycles. The van der Waals surface area contributed by atoms with Crippen molar-refractivity contribution >= 4 is 21.6 Å². The SMILES string of the molecule is COc1ccc(C)c(S(=O)(=O)N2CCC[C@H]2C(=O)Nc2ccc(C(F)(F)F)cc2)c1. The van der Waals surface area contributed by atoms with Crippen LogP contribution in [0.2, 0.25) is 0 Å². The van der Waals surface area contributed by atoms with Gasteiger partial charge in [0.15, 0.2) is 0 Å². The minimum atomic E-state index is -4.48. The first-order valence-electron chi connectivity index (χ1n) is 9.18. The Hall–Kier alpha value is -2.59. The molecule has 0 aromatic heterocycles. The van der Waals surface area contributed by atoms with E-state index in [0.717, 1.165) is 28.6 Å². The van der Waals surface area contributed by atoms with Crippen LogP contribution in [0.5, 0.6) is 5.75 Å². The number of ether oxygens (including phenoxy) is 1. The zero-order valence-electron chi connectivity index (χ0n) is 16.4. The van der Waals surface area contributed by atoms with Gasteiger partial charge in [0.05, 0.1) is 17.6 Å². The van der Waals surface area contributed by atoms with Gasteiger partial charge in [-0.25, -0.2) is 8.42 Å². The van der Waals surface area contributed by atoms with E-state index in [4.69, 9.17) is 4.74 Å². The summed E-state index contributed by atoms with van der Waals surface area (Å²) in [5, 5.41) is 2.52. The number of aryl methyl sites for hydroxylation is 1. The smallest absolute Gasteiger partial charge is 0.416 e. The number of rotatable bonds is 5. The lowest BCUT2D eigenvalue weighted by Crippen LogP contribution is -2.43. The Bertz CT molecular complexity index is 1040. The second-order valence-corrected chi connectivity index (χ2v) is 8.83. The lowest BCUT2D eigenvalue weighted by molar-refractivity contribution is -0.137. The minimum Gasteiger partial charge on any atom is -0.497 e. The van der Waals surface area contributed by atoms with Crippen LogP contribution in [-0.2, 0) is 21.0 Å². The van der Waals surface area contributed by atoms with Crippen LogP contribution in [0.1, 0.15) is 24.0 Å². The van der Waals surface area contributed by atoms with Crippen LogP contribution in [0.4, 0.5) is 18.9 Å².